The van der Waals surface area contributed by atoms with Gasteiger partial charge in [-0.05, 0) is 77.9 Å². The summed E-state index contributed by atoms with van der Waals surface area (Å²) in [6.07, 6.45) is 3.82. The number of anilines is 4. The molecule has 0 radical (unpaired) electrons. The van der Waals surface area contributed by atoms with E-state index in [1.165, 1.54) is 7.11 Å². The molecule has 302 valence electrons. The van der Waals surface area contributed by atoms with Gasteiger partial charge in [-0.25, -0.2) is 14.5 Å². The van der Waals surface area contributed by atoms with E-state index in [4.69, 9.17) is 16.3 Å². The van der Waals surface area contributed by atoms with Crippen LogP contribution in [0, 0.1) is 11.3 Å². The average Bonchev–Trinajstić information content (AvgIpc) is 3.96. The molecular formula is C43H40ClN13O3. The summed E-state index contributed by atoms with van der Waals surface area (Å²) in [6, 6.07) is 31.0. The SMILES string of the molecule is COC(=O)[C@H](Cc1ccc(C#N)cc1)Nc1nc(NCc2nc3cc(Cl)ccc3[nH]2)nc(Nc2cccc(CN3CCN(C(=O)c4cccc(-n5cccn5)c4)CC3)c2)n1. The maximum absolute atomic E-state index is 13.4. The molecule has 1 amide bonds. The van der Waals surface area contributed by atoms with Crippen LogP contribution in [0.4, 0.5) is 23.5 Å². The highest BCUT2D eigenvalue weighted by atomic mass is 35.5. The number of fused-ring (bicyclic) bond motifs is 1. The number of piperazine rings is 1. The van der Waals surface area contributed by atoms with Gasteiger partial charge in [-0.15, -0.1) is 0 Å². The van der Waals surface area contributed by atoms with Crippen LogP contribution in [-0.2, 0) is 29.0 Å². The number of nitriles is 1. The number of hydrogen-bond acceptors (Lipinski definition) is 13. The van der Waals surface area contributed by atoms with Crippen molar-refractivity contribution in [2.24, 2.45) is 0 Å². The van der Waals surface area contributed by atoms with Crippen molar-refractivity contribution in [1.82, 2.24) is 44.5 Å². The number of aromatic amines is 1. The number of rotatable bonds is 14. The monoisotopic (exact) mass is 821 g/mol. The first-order valence-corrected chi connectivity index (χ1v) is 19.6. The van der Waals surface area contributed by atoms with Gasteiger partial charge in [-0.3, -0.25) is 9.69 Å². The predicted octanol–water partition coefficient (Wildman–Crippen LogP) is 5.97. The van der Waals surface area contributed by atoms with Crippen molar-refractivity contribution >= 4 is 58.0 Å². The van der Waals surface area contributed by atoms with Crippen LogP contribution in [0.15, 0.2) is 109 Å². The Labute approximate surface area is 350 Å². The first-order valence-electron chi connectivity index (χ1n) is 19.2. The molecule has 0 spiro atoms. The molecule has 0 unspecified atom stereocenters. The number of nitrogens with one attached hydrogen (secondary N) is 4. The number of H-pyrrole nitrogens is 1. The van der Waals surface area contributed by atoms with E-state index in [0.717, 1.165) is 46.6 Å². The minimum absolute atomic E-state index is 0.00425. The highest BCUT2D eigenvalue weighted by molar-refractivity contribution is 6.31. The van der Waals surface area contributed by atoms with E-state index in [0.29, 0.717) is 41.6 Å². The largest absolute Gasteiger partial charge is 0.467 e. The average molecular weight is 822 g/mol. The molecule has 16 nitrogen and oxygen atoms in total. The Bertz CT molecular complexity index is 2650. The smallest absolute Gasteiger partial charge is 0.328 e. The number of esters is 1. The van der Waals surface area contributed by atoms with Crippen LogP contribution in [0.3, 0.4) is 0 Å². The molecule has 4 aromatic carbocycles. The summed E-state index contributed by atoms with van der Waals surface area (Å²) in [6.45, 7) is 3.61. The number of carbonyl (C=O) groups is 2. The number of ether oxygens (including phenoxy) is 1. The van der Waals surface area contributed by atoms with Gasteiger partial charge in [0.15, 0.2) is 0 Å². The Morgan fingerprint density at radius 1 is 0.883 bits per heavy atom. The first kappa shape index (κ1) is 39.5. The second kappa shape index (κ2) is 18.1. The number of benzene rings is 4. The number of hydrogen-bond donors (Lipinski definition) is 4. The Kier molecular flexibility index (Phi) is 11.9. The van der Waals surface area contributed by atoms with E-state index >= 15 is 0 Å². The molecule has 1 fully saturated rings. The highest BCUT2D eigenvalue weighted by Crippen LogP contribution is 2.22. The van der Waals surface area contributed by atoms with Crippen LogP contribution >= 0.6 is 11.6 Å². The molecule has 1 saturated heterocycles. The van der Waals surface area contributed by atoms with Gasteiger partial charge in [0.1, 0.15) is 11.9 Å². The third-order valence-corrected chi connectivity index (χ3v) is 10.2. The van der Waals surface area contributed by atoms with E-state index in [-0.39, 0.29) is 36.7 Å². The summed E-state index contributed by atoms with van der Waals surface area (Å²) in [4.78, 5) is 52.4. The van der Waals surface area contributed by atoms with E-state index in [9.17, 15) is 14.9 Å². The van der Waals surface area contributed by atoms with E-state index in [1.54, 1.807) is 47.3 Å². The van der Waals surface area contributed by atoms with Crippen LogP contribution in [0.25, 0.3) is 16.7 Å². The molecule has 60 heavy (non-hydrogen) atoms. The van der Waals surface area contributed by atoms with Gasteiger partial charge in [-0.2, -0.15) is 25.3 Å². The fourth-order valence-corrected chi connectivity index (χ4v) is 7.09. The fraction of sp³-hybridized carbons (Fsp3) is 0.209. The summed E-state index contributed by atoms with van der Waals surface area (Å²) in [5.74, 6) is 0.725. The van der Waals surface area contributed by atoms with Crippen molar-refractivity contribution in [3.63, 3.8) is 0 Å². The van der Waals surface area contributed by atoms with Gasteiger partial charge in [-0.1, -0.05) is 41.9 Å². The van der Waals surface area contributed by atoms with Crippen molar-refractivity contribution in [3.05, 3.63) is 143 Å². The van der Waals surface area contributed by atoms with Gasteiger partial charge >= 0.3 is 5.97 Å². The molecular weight excluding hydrogens is 782 g/mol. The Morgan fingerprint density at radius 2 is 1.68 bits per heavy atom. The number of carbonyl (C=O) groups excluding carboxylic acids is 2. The van der Waals surface area contributed by atoms with E-state index < -0.39 is 12.0 Å². The van der Waals surface area contributed by atoms with Crippen molar-refractivity contribution in [1.29, 1.82) is 5.26 Å². The topological polar surface area (TPSA) is 195 Å². The second-order valence-electron chi connectivity index (χ2n) is 14.1. The summed E-state index contributed by atoms with van der Waals surface area (Å²) >= 11 is 6.18. The Hall–Kier alpha value is -7.35. The maximum atomic E-state index is 13.4. The number of halogens is 1. The molecule has 0 saturated carbocycles. The quantitative estimate of drug-likeness (QED) is 0.0939. The van der Waals surface area contributed by atoms with Crippen LogP contribution in [-0.4, -0.2) is 95.7 Å². The minimum Gasteiger partial charge on any atom is -0.467 e. The molecule has 4 N–H and O–H groups in total. The molecule has 1 aliphatic heterocycles. The zero-order valence-electron chi connectivity index (χ0n) is 32.5. The third kappa shape index (κ3) is 9.67. The molecule has 0 bridgehead atoms. The molecule has 0 aliphatic carbocycles. The van der Waals surface area contributed by atoms with Gasteiger partial charge < -0.3 is 30.6 Å². The summed E-state index contributed by atoms with van der Waals surface area (Å²) < 4.78 is 6.87. The standard InChI is InChI=1S/C43H40ClN13O3/c1-60-40(59)37(22-28-9-11-29(25-45)12-10-28)51-43-53-41(46-26-38-49-35-14-13-32(44)24-36(35)50-38)52-42(54-43)48-33-7-2-5-30(21-33)27-55-17-19-56(20-18-55)39(58)31-6-3-8-34(23-31)57-16-4-15-47-57/h2-16,21,23-24,37H,17-20,22,26-27H2,1H3,(H,49,50)(H3,46,48,51,52,53,54)/t37-/m0/s1. The van der Waals surface area contributed by atoms with E-state index in [2.05, 4.69) is 63.0 Å². The first-order chi connectivity index (χ1) is 29.3. The fourth-order valence-electron chi connectivity index (χ4n) is 6.93. The normalized spacial score (nSPS) is 13.4. The molecule has 17 heteroatoms. The van der Waals surface area contributed by atoms with Crippen LogP contribution in [0.1, 0.15) is 32.9 Å². The Balaban J connectivity index is 0.960. The summed E-state index contributed by atoms with van der Waals surface area (Å²) in [5, 5.41) is 23.8. The molecule has 1 aliphatic rings. The molecule has 7 aromatic rings. The lowest BCUT2D eigenvalue weighted by Crippen LogP contribution is -2.48. The van der Waals surface area contributed by atoms with Crippen LogP contribution in [0.5, 0.6) is 0 Å². The van der Waals surface area contributed by atoms with Gasteiger partial charge in [0.05, 0.1) is 42.0 Å². The molecule has 1 atom stereocenters. The molecule has 4 heterocycles. The number of amides is 1. The lowest BCUT2D eigenvalue weighted by Gasteiger charge is -2.35. The summed E-state index contributed by atoms with van der Waals surface area (Å²) in [7, 11) is 1.32. The highest BCUT2D eigenvalue weighted by Gasteiger charge is 2.24. The lowest BCUT2D eigenvalue weighted by atomic mass is 10.0. The lowest BCUT2D eigenvalue weighted by molar-refractivity contribution is -0.141. The second-order valence-corrected chi connectivity index (χ2v) is 14.6. The van der Waals surface area contributed by atoms with Gasteiger partial charge in [0, 0.05) is 67.8 Å². The van der Waals surface area contributed by atoms with Gasteiger partial charge in [0.2, 0.25) is 17.8 Å². The third-order valence-electron chi connectivity index (χ3n) is 9.97. The predicted molar refractivity (Wildman–Crippen MR) is 227 cm³/mol. The minimum atomic E-state index is -0.850. The summed E-state index contributed by atoms with van der Waals surface area (Å²) in [5.41, 5.74) is 6.18. The van der Waals surface area contributed by atoms with Crippen molar-refractivity contribution in [3.8, 4) is 11.8 Å². The maximum Gasteiger partial charge on any atom is 0.328 e. The van der Waals surface area contributed by atoms with Crippen molar-refractivity contribution < 1.29 is 14.3 Å². The Morgan fingerprint density at radius 3 is 2.47 bits per heavy atom. The van der Waals surface area contributed by atoms with E-state index in [1.807, 2.05) is 65.7 Å². The van der Waals surface area contributed by atoms with Crippen molar-refractivity contribution in [2.45, 2.75) is 25.6 Å². The zero-order chi connectivity index (χ0) is 41.4. The number of methoxy groups -OCH3 is 1. The zero-order valence-corrected chi connectivity index (χ0v) is 33.3. The number of nitrogens with zero attached hydrogens (tertiary/aromatic N) is 9. The van der Waals surface area contributed by atoms with Crippen molar-refractivity contribution in [2.75, 3.05) is 49.2 Å². The van der Waals surface area contributed by atoms with Crippen LogP contribution in [0.2, 0.25) is 5.02 Å². The molecule has 8 rings (SSSR count). The van der Waals surface area contributed by atoms with Crippen LogP contribution < -0.4 is 16.0 Å². The van der Waals surface area contributed by atoms with Gasteiger partial charge in [0.25, 0.3) is 5.91 Å². The number of aromatic nitrogens is 7. The molecule has 3 aromatic heterocycles. The number of imidazole rings is 1.